The van der Waals surface area contributed by atoms with E-state index in [2.05, 4.69) is 18.2 Å². The van der Waals surface area contributed by atoms with Gasteiger partial charge in [0.15, 0.2) is 0 Å². The molecule has 23 heavy (non-hydrogen) atoms. The third kappa shape index (κ3) is 2.85. The molecule has 0 aliphatic heterocycles. The number of benzene rings is 2. The van der Waals surface area contributed by atoms with Gasteiger partial charge in [0, 0.05) is 5.69 Å². The first-order valence-corrected chi connectivity index (χ1v) is 8.06. The van der Waals surface area contributed by atoms with E-state index >= 15 is 0 Å². The van der Waals surface area contributed by atoms with Crippen LogP contribution in [0, 0.1) is 11.3 Å². The normalized spacial score (nSPS) is 15.8. The zero-order chi connectivity index (χ0) is 16.1. The first kappa shape index (κ1) is 15.3. The van der Waals surface area contributed by atoms with Crippen LogP contribution in [-0.2, 0) is 16.8 Å². The van der Waals surface area contributed by atoms with Crippen LogP contribution < -0.4 is 4.90 Å². The number of anilines is 1. The summed E-state index contributed by atoms with van der Waals surface area (Å²) in [5.74, 6) is 0. The maximum absolute atomic E-state index is 12.0. The fourth-order valence-electron chi connectivity index (χ4n) is 3.65. The van der Waals surface area contributed by atoms with E-state index in [1.807, 2.05) is 47.4 Å². The number of nitriles is 1. The lowest BCUT2D eigenvalue weighted by molar-refractivity contribution is -0.108. The summed E-state index contributed by atoms with van der Waals surface area (Å²) >= 11 is 0. The van der Waals surface area contributed by atoms with Crippen LogP contribution in [0.25, 0.3) is 0 Å². The van der Waals surface area contributed by atoms with Gasteiger partial charge in [-0.25, -0.2) is 0 Å². The van der Waals surface area contributed by atoms with Gasteiger partial charge in [0.25, 0.3) is 0 Å². The Labute approximate surface area is 137 Å². The average molecular weight is 304 g/mol. The molecule has 0 aromatic heterocycles. The highest BCUT2D eigenvalue weighted by molar-refractivity contribution is 5.78. The third-order valence-corrected chi connectivity index (χ3v) is 4.81. The van der Waals surface area contributed by atoms with E-state index in [4.69, 9.17) is 5.26 Å². The Balaban J connectivity index is 2.00. The van der Waals surface area contributed by atoms with Crippen LogP contribution in [0.4, 0.5) is 5.69 Å². The van der Waals surface area contributed by atoms with Crippen molar-refractivity contribution in [2.75, 3.05) is 4.90 Å². The van der Waals surface area contributed by atoms with Gasteiger partial charge in [0.1, 0.15) is 0 Å². The Kier molecular flexibility index (Phi) is 4.43. The van der Waals surface area contributed by atoms with Gasteiger partial charge in [-0.1, -0.05) is 55.3 Å². The molecule has 0 atom stereocenters. The van der Waals surface area contributed by atoms with Crippen LogP contribution in [0.3, 0.4) is 0 Å². The summed E-state index contributed by atoms with van der Waals surface area (Å²) in [7, 11) is 0. The molecule has 0 bridgehead atoms. The lowest BCUT2D eigenvalue weighted by Crippen LogP contribution is -2.43. The first-order chi connectivity index (χ1) is 11.3. The minimum atomic E-state index is -0.250. The fraction of sp³-hybridized carbons (Fsp3) is 0.300. The second-order valence-electron chi connectivity index (χ2n) is 6.08. The van der Waals surface area contributed by atoms with Gasteiger partial charge in [0.05, 0.1) is 18.0 Å². The lowest BCUT2D eigenvalue weighted by Gasteiger charge is -2.39. The van der Waals surface area contributed by atoms with Crippen LogP contribution in [0.1, 0.15) is 36.8 Å². The highest BCUT2D eigenvalue weighted by atomic mass is 16.1. The number of nitrogens with zero attached hydrogens (tertiary/aromatic N) is 2. The zero-order valence-electron chi connectivity index (χ0n) is 13.1. The number of carbonyl (C=O) groups excluding carboxylic acids is 1. The first-order valence-electron chi connectivity index (χ1n) is 8.06. The van der Waals surface area contributed by atoms with E-state index in [0.29, 0.717) is 6.42 Å². The van der Waals surface area contributed by atoms with Crippen molar-refractivity contribution in [3.05, 3.63) is 65.7 Å². The van der Waals surface area contributed by atoms with Gasteiger partial charge in [-0.2, -0.15) is 5.26 Å². The smallest absolute Gasteiger partial charge is 0.214 e. The van der Waals surface area contributed by atoms with Crippen molar-refractivity contribution in [2.24, 2.45) is 0 Å². The Morgan fingerprint density at radius 2 is 1.70 bits per heavy atom. The van der Waals surface area contributed by atoms with Crippen molar-refractivity contribution in [2.45, 2.75) is 37.6 Å². The van der Waals surface area contributed by atoms with E-state index in [9.17, 15) is 4.79 Å². The molecule has 0 N–H and O–H groups in total. The van der Waals surface area contributed by atoms with Crippen LogP contribution >= 0.6 is 0 Å². The zero-order valence-corrected chi connectivity index (χ0v) is 13.1. The Bertz CT molecular complexity index is 695. The molecule has 3 rings (SSSR count). The van der Waals surface area contributed by atoms with Crippen molar-refractivity contribution in [1.29, 1.82) is 5.26 Å². The number of carbonyl (C=O) groups is 1. The van der Waals surface area contributed by atoms with E-state index < -0.39 is 0 Å². The van der Waals surface area contributed by atoms with E-state index in [1.165, 1.54) is 5.56 Å². The Hall–Kier alpha value is -2.60. The van der Waals surface area contributed by atoms with Crippen molar-refractivity contribution in [3.8, 4) is 6.07 Å². The molecule has 1 saturated carbocycles. The molecule has 2 aromatic rings. The highest BCUT2D eigenvalue weighted by Gasteiger charge is 2.41. The summed E-state index contributed by atoms with van der Waals surface area (Å²) in [6.45, 7) is 0. The molecule has 0 radical (unpaired) electrons. The standard InChI is InChI=1S/C20H20N2O/c21-15-12-17-8-10-19(11-9-17)22(16-23)20(13-4-5-14-20)18-6-2-1-3-7-18/h1-3,6-11,16H,4-5,12-14H2. The van der Waals surface area contributed by atoms with Crippen molar-refractivity contribution in [3.63, 3.8) is 0 Å². The second-order valence-corrected chi connectivity index (χ2v) is 6.08. The average Bonchev–Trinajstić information content (AvgIpc) is 3.09. The van der Waals surface area contributed by atoms with Gasteiger partial charge >= 0.3 is 0 Å². The molecular weight excluding hydrogens is 284 g/mol. The van der Waals surface area contributed by atoms with Crippen LogP contribution in [-0.4, -0.2) is 6.41 Å². The number of amides is 1. The van der Waals surface area contributed by atoms with E-state index in [0.717, 1.165) is 43.3 Å². The van der Waals surface area contributed by atoms with Crippen LogP contribution in [0.15, 0.2) is 54.6 Å². The van der Waals surface area contributed by atoms with E-state index in [-0.39, 0.29) is 5.54 Å². The van der Waals surface area contributed by atoms with Gasteiger partial charge in [0.2, 0.25) is 6.41 Å². The minimum Gasteiger partial charge on any atom is -0.305 e. The molecule has 0 heterocycles. The third-order valence-electron chi connectivity index (χ3n) is 4.81. The lowest BCUT2D eigenvalue weighted by atomic mass is 9.86. The SMILES string of the molecule is N#CCc1ccc(N(C=O)C2(c3ccccc3)CCCC2)cc1. The fourth-order valence-corrected chi connectivity index (χ4v) is 3.65. The quantitative estimate of drug-likeness (QED) is 0.778. The summed E-state index contributed by atoms with van der Waals surface area (Å²) in [4.78, 5) is 13.8. The summed E-state index contributed by atoms with van der Waals surface area (Å²) in [6, 6.07) is 20.2. The molecule has 1 amide bonds. The molecule has 1 fully saturated rings. The van der Waals surface area contributed by atoms with Crippen molar-refractivity contribution in [1.82, 2.24) is 0 Å². The summed E-state index contributed by atoms with van der Waals surface area (Å²) in [6.07, 6.45) is 5.58. The predicted octanol–water partition coefficient (Wildman–Crippen LogP) is 4.18. The van der Waals surface area contributed by atoms with Crippen LogP contribution in [0.2, 0.25) is 0 Å². The largest absolute Gasteiger partial charge is 0.305 e. The van der Waals surface area contributed by atoms with Crippen molar-refractivity contribution >= 4 is 12.1 Å². The molecule has 2 aromatic carbocycles. The maximum atomic E-state index is 12.0. The van der Waals surface area contributed by atoms with Gasteiger partial charge in [-0.05, 0) is 36.1 Å². The predicted molar refractivity (Wildman–Crippen MR) is 90.9 cm³/mol. The summed E-state index contributed by atoms with van der Waals surface area (Å²) < 4.78 is 0. The highest BCUT2D eigenvalue weighted by Crippen LogP contribution is 2.45. The monoisotopic (exact) mass is 304 g/mol. The molecule has 1 aliphatic rings. The number of hydrogen-bond donors (Lipinski definition) is 0. The second kappa shape index (κ2) is 6.66. The molecular formula is C20H20N2O. The maximum Gasteiger partial charge on any atom is 0.214 e. The minimum absolute atomic E-state index is 0.250. The summed E-state index contributed by atoms with van der Waals surface area (Å²) in [5, 5.41) is 8.79. The summed E-state index contributed by atoms with van der Waals surface area (Å²) in [5.41, 5.74) is 2.82. The molecule has 0 saturated heterocycles. The molecule has 3 heteroatoms. The van der Waals surface area contributed by atoms with E-state index in [1.54, 1.807) is 0 Å². The number of hydrogen-bond acceptors (Lipinski definition) is 2. The molecule has 3 nitrogen and oxygen atoms in total. The van der Waals surface area contributed by atoms with Gasteiger partial charge in [-0.15, -0.1) is 0 Å². The van der Waals surface area contributed by atoms with Gasteiger partial charge in [-0.3, -0.25) is 4.79 Å². The molecule has 0 unspecified atom stereocenters. The molecule has 1 aliphatic carbocycles. The Morgan fingerprint density at radius 3 is 2.26 bits per heavy atom. The number of rotatable bonds is 5. The molecule has 116 valence electrons. The van der Waals surface area contributed by atoms with Gasteiger partial charge < -0.3 is 4.90 Å². The topological polar surface area (TPSA) is 44.1 Å². The molecule has 0 spiro atoms. The van der Waals surface area contributed by atoms with Crippen molar-refractivity contribution < 1.29 is 4.79 Å². The Morgan fingerprint density at radius 1 is 1.04 bits per heavy atom. The van der Waals surface area contributed by atoms with Crippen LogP contribution in [0.5, 0.6) is 0 Å².